The maximum Gasteiger partial charge on any atom is 0.254 e. The zero-order valence-corrected chi connectivity index (χ0v) is 17.3. The second-order valence-electron chi connectivity index (χ2n) is 7.11. The summed E-state index contributed by atoms with van der Waals surface area (Å²) < 4.78 is 22.2. The van der Waals surface area contributed by atoms with E-state index >= 15 is 0 Å². The van der Waals surface area contributed by atoms with Crippen LogP contribution in [0.5, 0.6) is 23.0 Å². The molecule has 1 saturated heterocycles. The number of halogens is 1. The summed E-state index contributed by atoms with van der Waals surface area (Å²) in [6.45, 7) is 1.97. The van der Waals surface area contributed by atoms with Gasteiger partial charge in [-0.1, -0.05) is 17.7 Å². The highest BCUT2D eigenvalue weighted by molar-refractivity contribution is 6.32. The third kappa shape index (κ3) is 3.81. The van der Waals surface area contributed by atoms with Gasteiger partial charge in [-0.2, -0.15) is 0 Å². The lowest BCUT2D eigenvalue weighted by Crippen LogP contribution is -2.30. The average molecular weight is 418 g/mol. The molecule has 2 heterocycles. The summed E-state index contributed by atoms with van der Waals surface area (Å²) >= 11 is 6.31. The van der Waals surface area contributed by atoms with Crippen LogP contribution in [0, 0.1) is 0 Å². The van der Waals surface area contributed by atoms with Gasteiger partial charge in [-0.25, -0.2) is 0 Å². The van der Waals surface area contributed by atoms with E-state index in [0.717, 1.165) is 36.3 Å². The summed E-state index contributed by atoms with van der Waals surface area (Å²) in [5.74, 6) is 2.28. The minimum absolute atomic E-state index is 0.0217. The Labute approximate surface area is 175 Å². The summed E-state index contributed by atoms with van der Waals surface area (Å²) in [4.78, 5) is 15.2. The zero-order valence-electron chi connectivity index (χ0n) is 16.6. The number of methoxy groups -OCH3 is 2. The molecule has 29 heavy (non-hydrogen) atoms. The van der Waals surface area contributed by atoms with Crippen LogP contribution >= 0.6 is 11.6 Å². The van der Waals surface area contributed by atoms with Crippen LogP contribution in [0.25, 0.3) is 0 Å². The highest BCUT2D eigenvalue weighted by atomic mass is 35.5. The van der Waals surface area contributed by atoms with E-state index in [4.69, 9.17) is 30.5 Å². The molecule has 0 spiro atoms. The zero-order chi connectivity index (χ0) is 20.4. The molecule has 2 aromatic rings. The van der Waals surface area contributed by atoms with Crippen molar-refractivity contribution in [2.45, 2.75) is 25.3 Å². The highest BCUT2D eigenvalue weighted by Gasteiger charge is 2.32. The van der Waals surface area contributed by atoms with E-state index in [9.17, 15) is 4.79 Å². The number of likely N-dealkylation sites (tertiary alicyclic amines) is 1. The van der Waals surface area contributed by atoms with Crippen LogP contribution in [-0.4, -0.2) is 44.8 Å². The van der Waals surface area contributed by atoms with Crippen LogP contribution in [0.3, 0.4) is 0 Å². The number of fused-ring (bicyclic) bond motifs is 1. The van der Waals surface area contributed by atoms with E-state index in [2.05, 4.69) is 0 Å². The molecule has 1 fully saturated rings. The number of hydrogen-bond acceptors (Lipinski definition) is 5. The van der Waals surface area contributed by atoms with Crippen LogP contribution in [0.4, 0.5) is 0 Å². The standard InChI is InChI=1S/C22H24ClNO5/c1-26-20-13-15(11-16(23)21(20)27-2)22(25)24-8-3-5-17(24)14-6-7-18-19(12-14)29-10-4-9-28-18/h6-7,11-13,17H,3-5,8-10H2,1-2H3. The molecule has 0 N–H and O–H groups in total. The van der Waals surface area contributed by atoms with Gasteiger partial charge in [0.05, 0.1) is 38.5 Å². The molecular weight excluding hydrogens is 394 g/mol. The molecule has 7 heteroatoms. The SMILES string of the molecule is COc1cc(C(=O)N2CCCC2c2ccc3c(c2)OCCCO3)cc(Cl)c1OC. The molecule has 4 rings (SSSR count). The van der Waals surface area contributed by atoms with Gasteiger partial charge in [0.25, 0.3) is 5.91 Å². The number of carbonyl (C=O) groups is 1. The summed E-state index contributed by atoms with van der Waals surface area (Å²) in [6, 6.07) is 9.24. The van der Waals surface area contributed by atoms with Crippen molar-refractivity contribution < 1.29 is 23.7 Å². The first-order valence-corrected chi connectivity index (χ1v) is 10.1. The fraction of sp³-hybridized carbons (Fsp3) is 0.409. The Hall–Kier alpha value is -2.60. The predicted molar refractivity (Wildman–Crippen MR) is 110 cm³/mol. The molecule has 2 aliphatic heterocycles. The third-order valence-corrected chi connectivity index (χ3v) is 5.63. The Morgan fingerprint density at radius 1 is 1.07 bits per heavy atom. The molecule has 2 aliphatic rings. The maximum absolute atomic E-state index is 13.3. The monoisotopic (exact) mass is 417 g/mol. The van der Waals surface area contributed by atoms with Crippen LogP contribution in [0.15, 0.2) is 30.3 Å². The maximum atomic E-state index is 13.3. The quantitative estimate of drug-likeness (QED) is 0.733. The number of ether oxygens (including phenoxy) is 4. The van der Waals surface area contributed by atoms with Gasteiger partial charge < -0.3 is 23.8 Å². The Morgan fingerprint density at radius 2 is 1.86 bits per heavy atom. The van der Waals surface area contributed by atoms with Crippen molar-refractivity contribution in [2.24, 2.45) is 0 Å². The molecule has 0 radical (unpaired) electrons. The summed E-state index contributed by atoms with van der Waals surface area (Å²) in [7, 11) is 3.05. The number of amides is 1. The molecule has 154 valence electrons. The average Bonchev–Trinajstić information content (AvgIpc) is 3.11. The van der Waals surface area contributed by atoms with Crippen molar-refractivity contribution in [1.29, 1.82) is 0 Å². The molecular formula is C22H24ClNO5. The molecule has 2 aromatic carbocycles. The Balaban J connectivity index is 1.63. The van der Waals surface area contributed by atoms with Gasteiger partial charge in [0.1, 0.15) is 0 Å². The minimum Gasteiger partial charge on any atom is -0.493 e. The lowest BCUT2D eigenvalue weighted by atomic mass is 10.0. The number of benzene rings is 2. The second kappa shape index (κ2) is 8.41. The molecule has 0 aromatic heterocycles. The van der Waals surface area contributed by atoms with Gasteiger partial charge in [0, 0.05) is 18.5 Å². The third-order valence-electron chi connectivity index (χ3n) is 5.35. The molecule has 1 unspecified atom stereocenters. The lowest BCUT2D eigenvalue weighted by molar-refractivity contribution is 0.0735. The first-order chi connectivity index (χ1) is 14.1. The number of nitrogens with zero attached hydrogens (tertiary/aromatic N) is 1. The summed E-state index contributed by atoms with van der Waals surface area (Å²) in [5.41, 5.74) is 1.53. The summed E-state index contributed by atoms with van der Waals surface area (Å²) in [5, 5.41) is 0.349. The Morgan fingerprint density at radius 3 is 2.62 bits per heavy atom. The fourth-order valence-corrected chi connectivity index (χ4v) is 4.24. The van der Waals surface area contributed by atoms with Crippen LogP contribution in [0.2, 0.25) is 5.02 Å². The van der Waals surface area contributed by atoms with E-state index in [0.29, 0.717) is 41.8 Å². The smallest absolute Gasteiger partial charge is 0.254 e. The molecule has 6 nitrogen and oxygen atoms in total. The minimum atomic E-state index is -0.0811. The number of carbonyl (C=O) groups excluding carboxylic acids is 1. The number of hydrogen-bond donors (Lipinski definition) is 0. The van der Waals surface area contributed by atoms with E-state index < -0.39 is 0 Å². The topological polar surface area (TPSA) is 57.2 Å². The first-order valence-electron chi connectivity index (χ1n) is 9.74. The van der Waals surface area contributed by atoms with Crippen molar-refractivity contribution in [1.82, 2.24) is 4.90 Å². The van der Waals surface area contributed by atoms with Crippen LogP contribution < -0.4 is 18.9 Å². The molecule has 0 saturated carbocycles. The summed E-state index contributed by atoms with van der Waals surface area (Å²) in [6.07, 6.45) is 2.69. The normalized spacial score (nSPS) is 18.3. The van der Waals surface area contributed by atoms with Crippen molar-refractivity contribution in [3.63, 3.8) is 0 Å². The van der Waals surface area contributed by atoms with Crippen molar-refractivity contribution in [3.8, 4) is 23.0 Å². The first kappa shape index (κ1) is 19.7. The number of rotatable bonds is 4. The van der Waals surface area contributed by atoms with Gasteiger partial charge in [-0.15, -0.1) is 0 Å². The van der Waals surface area contributed by atoms with Gasteiger partial charge in [-0.05, 0) is 42.7 Å². The van der Waals surface area contributed by atoms with Gasteiger partial charge in [-0.3, -0.25) is 4.79 Å². The van der Waals surface area contributed by atoms with Crippen LogP contribution in [0.1, 0.15) is 41.2 Å². The van der Waals surface area contributed by atoms with Crippen LogP contribution in [-0.2, 0) is 0 Å². The highest BCUT2D eigenvalue weighted by Crippen LogP contribution is 2.40. The molecule has 1 amide bonds. The van der Waals surface area contributed by atoms with E-state index in [1.807, 2.05) is 23.1 Å². The molecule has 0 aliphatic carbocycles. The second-order valence-corrected chi connectivity index (χ2v) is 7.51. The fourth-order valence-electron chi connectivity index (χ4n) is 3.95. The van der Waals surface area contributed by atoms with E-state index in [1.165, 1.54) is 14.2 Å². The van der Waals surface area contributed by atoms with E-state index in [-0.39, 0.29) is 11.9 Å². The Kier molecular flexibility index (Phi) is 5.72. The van der Waals surface area contributed by atoms with Crippen molar-refractivity contribution in [2.75, 3.05) is 34.0 Å². The predicted octanol–water partition coefficient (Wildman–Crippen LogP) is 4.50. The van der Waals surface area contributed by atoms with Crippen molar-refractivity contribution >= 4 is 17.5 Å². The van der Waals surface area contributed by atoms with Gasteiger partial charge in [0.2, 0.25) is 0 Å². The molecule has 0 bridgehead atoms. The van der Waals surface area contributed by atoms with Gasteiger partial charge in [0.15, 0.2) is 23.0 Å². The largest absolute Gasteiger partial charge is 0.493 e. The van der Waals surface area contributed by atoms with E-state index in [1.54, 1.807) is 12.1 Å². The molecule has 1 atom stereocenters. The Bertz CT molecular complexity index is 916. The lowest BCUT2D eigenvalue weighted by Gasteiger charge is -2.26. The van der Waals surface area contributed by atoms with Gasteiger partial charge >= 0.3 is 0 Å². The van der Waals surface area contributed by atoms with Crippen molar-refractivity contribution in [3.05, 3.63) is 46.5 Å².